The van der Waals surface area contributed by atoms with Gasteiger partial charge in [0.05, 0.1) is 0 Å². The third kappa shape index (κ3) is 2.52. The topological polar surface area (TPSA) is 0 Å². The fourth-order valence-corrected chi connectivity index (χ4v) is 3.31. The summed E-state index contributed by atoms with van der Waals surface area (Å²) in [6, 6.07) is 15.2. The summed E-state index contributed by atoms with van der Waals surface area (Å²) in [5, 5.41) is 0. The van der Waals surface area contributed by atoms with Gasteiger partial charge in [0.25, 0.3) is 0 Å². The number of rotatable bonds is 3. The van der Waals surface area contributed by atoms with Gasteiger partial charge in [0.1, 0.15) is 0 Å². The minimum Gasteiger partial charge on any atom is -0.0652 e. The molecule has 3 rings (SSSR count). The van der Waals surface area contributed by atoms with Crippen LogP contribution in [0.5, 0.6) is 0 Å². The van der Waals surface area contributed by atoms with E-state index < -0.39 is 0 Å². The van der Waals surface area contributed by atoms with E-state index in [0.717, 1.165) is 6.42 Å². The first-order valence-electron chi connectivity index (χ1n) is 6.85. The largest absolute Gasteiger partial charge is 0.0652 e. The van der Waals surface area contributed by atoms with Crippen LogP contribution in [0.3, 0.4) is 0 Å². The Hall–Kier alpha value is -1.34. The molecule has 1 aliphatic rings. The maximum absolute atomic E-state index is 3.64. The van der Waals surface area contributed by atoms with Gasteiger partial charge in [-0.3, -0.25) is 0 Å². The zero-order chi connectivity index (χ0) is 13.2. The number of hydrogen-bond acceptors (Lipinski definition) is 0. The third-order valence-corrected chi connectivity index (χ3v) is 4.13. The normalized spacial score (nSPS) is 13.3. The van der Waals surface area contributed by atoms with Crippen LogP contribution in [0.4, 0.5) is 0 Å². The van der Waals surface area contributed by atoms with Crippen molar-refractivity contribution in [1.82, 2.24) is 0 Å². The summed E-state index contributed by atoms with van der Waals surface area (Å²) >= 11 is 3.64. The molecule has 19 heavy (non-hydrogen) atoms. The first kappa shape index (κ1) is 12.7. The molecule has 0 saturated carbocycles. The Labute approximate surface area is 123 Å². The van der Waals surface area contributed by atoms with E-state index in [2.05, 4.69) is 71.4 Å². The van der Waals surface area contributed by atoms with Crippen LogP contribution < -0.4 is 0 Å². The summed E-state index contributed by atoms with van der Waals surface area (Å²) < 4.78 is 1.17. The zero-order valence-corrected chi connectivity index (χ0v) is 12.7. The van der Waals surface area contributed by atoms with Crippen molar-refractivity contribution in [2.45, 2.75) is 26.2 Å². The molecule has 0 bridgehead atoms. The van der Waals surface area contributed by atoms with Gasteiger partial charge in [-0.25, -0.2) is 0 Å². The average Bonchev–Trinajstić information content (AvgIpc) is 2.81. The minimum atomic E-state index is 1.11. The molecule has 96 valence electrons. The van der Waals surface area contributed by atoms with Crippen molar-refractivity contribution in [3.63, 3.8) is 0 Å². The smallest absolute Gasteiger partial charge is 0.0187 e. The summed E-state index contributed by atoms with van der Waals surface area (Å²) in [6.45, 7) is 2.25. The van der Waals surface area contributed by atoms with Gasteiger partial charge in [0, 0.05) is 4.47 Å². The van der Waals surface area contributed by atoms with E-state index in [9.17, 15) is 0 Å². The Balaban J connectivity index is 2.08. The van der Waals surface area contributed by atoms with E-state index >= 15 is 0 Å². The number of fused-ring (bicyclic) bond motifs is 1. The summed E-state index contributed by atoms with van der Waals surface area (Å²) in [4.78, 5) is 0. The Morgan fingerprint density at radius 1 is 1.11 bits per heavy atom. The van der Waals surface area contributed by atoms with E-state index in [1.54, 1.807) is 5.57 Å². The van der Waals surface area contributed by atoms with Crippen molar-refractivity contribution in [1.29, 1.82) is 0 Å². The summed E-state index contributed by atoms with van der Waals surface area (Å²) in [5.74, 6) is 0. The highest BCUT2D eigenvalue weighted by atomic mass is 79.9. The average molecular weight is 313 g/mol. The highest BCUT2D eigenvalue weighted by Crippen LogP contribution is 2.37. The highest BCUT2D eigenvalue weighted by molar-refractivity contribution is 9.10. The number of benzene rings is 2. The molecule has 0 radical (unpaired) electrons. The maximum Gasteiger partial charge on any atom is 0.0187 e. The van der Waals surface area contributed by atoms with Crippen LogP contribution in [0.1, 0.15) is 30.9 Å². The quantitative estimate of drug-likeness (QED) is 0.666. The second kappa shape index (κ2) is 5.34. The molecule has 0 N–H and O–H groups in total. The summed E-state index contributed by atoms with van der Waals surface area (Å²) in [5.41, 5.74) is 7.11. The van der Waals surface area contributed by atoms with Gasteiger partial charge < -0.3 is 0 Å². The molecule has 2 aromatic carbocycles. The number of halogens is 1. The third-order valence-electron chi connectivity index (χ3n) is 3.67. The molecule has 1 heteroatoms. The molecule has 0 unspecified atom stereocenters. The molecule has 0 atom stereocenters. The van der Waals surface area contributed by atoms with E-state index in [1.165, 1.54) is 39.6 Å². The standard InChI is InChI=1S/C18H17Br/c1-2-6-13-9-15-11-16(19)12-18(17(15)10-13)14-7-4-3-5-8-14/h3-5,7-9,11-12H,2,6,10H2,1H3. The van der Waals surface area contributed by atoms with E-state index in [-0.39, 0.29) is 0 Å². The van der Waals surface area contributed by atoms with Gasteiger partial charge >= 0.3 is 0 Å². The van der Waals surface area contributed by atoms with Crippen molar-refractivity contribution in [3.8, 4) is 11.1 Å². The molecule has 0 amide bonds. The first-order chi connectivity index (χ1) is 9.28. The van der Waals surface area contributed by atoms with Gasteiger partial charge in [-0.15, -0.1) is 0 Å². The first-order valence-corrected chi connectivity index (χ1v) is 7.64. The lowest BCUT2D eigenvalue weighted by Gasteiger charge is -2.10. The van der Waals surface area contributed by atoms with Crippen LogP contribution in [0, 0.1) is 0 Å². The van der Waals surface area contributed by atoms with Crippen LogP contribution >= 0.6 is 15.9 Å². The van der Waals surface area contributed by atoms with Crippen molar-refractivity contribution >= 4 is 22.0 Å². The van der Waals surface area contributed by atoms with Gasteiger partial charge in [-0.2, -0.15) is 0 Å². The maximum atomic E-state index is 3.64. The van der Waals surface area contributed by atoms with Crippen molar-refractivity contribution in [3.05, 3.63) is 63.6 Å². The van der Waals surface area contributed by atoms with Crippen LogP contribution in [-0.2, 0) is 6.42 Å². The molecule has 0 aliphatic heterocycles. The lowest BCUT2D eigenvalue weighted by Crippen LogP contribution is -1.91. The Morgan fingerprint density at radius 2 is 1.89 bits per heavy atom. The second-order valence-electron chi connectivity index (χ2n) is 5.12. The van der Waals surface area contributed by atoms with Gasteiger partial charge in [-0.05, 0) is 47.2 Å². The molecule has 0 fully saturated rings. The molecular formula is C18H17Br. The predicted molar refractivity (Wildman–Crippen MR) is 86.2 cm³/mol. The Kier molecular flexibility index (Phi) is 3.56. The van der Waals surface area contributed by atoms with Crippen molar-refractivity contribution in [2.75, 3.05) is 0 Å². The zero-order valence-electron chi connectivity index (χ0n) is 11.1. The molecule has 0 nitrogen and oxygen atoms in total. The SMILES string of the molecule is CCCC1=Cc2cc(Br)cc(-c3ccccc3)c2C1. The van der Waals surface area contributed by atoms with E-state index in [0.29, 0.717) is 0 Å². The molecule has 0 saturated heterocycles. The van der Waals surface area contributed by atoms with E-state index in [1.807, 2.05) is 0 Å². The van der Waals surface area contributed by atoms with Crippen LogP contribution in [-0.4, -0.2) is 0 Å². The van der Waals surface area contributed by atoms with Gasteiger partial charge in [0.15, 0.2) is 0 Å². The minimum absolute atomic E-state index is 1.11. The van der Waals surface area contributed by atoms with Crippen LogP contribution in [0.15, 0.2) is 52.5 Å². The molecule has 1 aliphatic carbocycles. The summed E-state index contributed by atoms with van der Waals surface area (Å²) in [6.07, 6.45) is 5.92. The number of allylic oxidation sites excluding steroid dienone is 1. The highest BCUT2D eigenvalue weighted by Gasteiger charge is 2.17. The van der Waals surface area contributed by atoms with Crippen molar-refractivity contribution < 1.29 is 0 Å². The van der Waals surface area contributed by atoms with Gasteiger partial charge in [0.2, 0.25) is 0 Å². The number of hydrogen-bond donors (Lipinski definition) is 0. The lowest BCUT2D eigenvalue weighted by molar-refractivity contribution is 0.887. The Morgan fingerprint density at radius 3 is 2.63 bits per heavy atom. The second-order valence-corrected chi connectivity index (χ2v) is 6.03. The van der Waals surface area contributed by atoms with E-state index in [4.69, 9.17) is 0 Å². The fraction of sp³-hybridized carbons (Fsp3) is 0.222. The molecule has 2 aromatic rings. The predicted octanol–water partition coefficient (Wildman–Crippen LogP) is 5.86. The van der Waals surface area contributed by atoms with Crippen LogP contribution in [0.2, 0.25) is 0 Å². The molecule has 0 aromatic heterocycles. The molecule has 0 spiro atoms. The monoisotopic (exact) mass is 312 g/mol. The van der Waals surface area contributed by atoms with Gasteiger partial charge in [-0.1, -0.05) is 71.3 Å². The van der Waals surface area contributed by atoms with Crippen LogP contribution in [0.25, 0.3) is 17.2 Å². The molecule has 0 heterocycles. The molecular weight excluding hydrogens is 296 g/mol. The van der Waals surface area contributed by atoms with Crippen molar-refractivity contribution in [2.24, 2.45) is 0 Å². The fourth-order valence-electron chi connectivity index (χ4n) is 2.84. The Bertz CT molecular complexity index is 624. The summed E-state index contributed by atoms with van der Waals surface area (Å²) in [7, 11) is 0. The lowest BCUT2D eigenvalue weighted by atomic mass is 9.95.